The standard InChI is InChI=1S/C16H18FN3S.HI/c17-15-9-5-4-6-13(15)12-21-11-10-19-16(18)20-14-7-2-1-3-8-14;/h1-9H,10-12H2,(H3,18,19,20);1H. The van der Waals surface area contributed by atoms with E-state index in [0.29, 0.717) is 18.3 Å². The molecule has 0 unspecified atom stereocenters. The fraction of sp³-hybridized carbons (Fsp3) is 0.188. The highest BCUT2D eigenvalue weighted by molar-refractivity contribution is 14.0. The lowest BCUT2D eigenvalue weighted by molar-refractivity contribution is 0.617. The number of benzene rings is 2. The van der Waals surface area contributed by atoms with Crippen LogP contribution in [0.5, 0.6) is 0 Å². The van der Waals surface area contributed by atoms with Crippen LogP contribution in [-0.4, -0.2) is 18.3 Å². The molecule has 0 aliphatic rings. The first kappa shape index (κ1) is 18.8. The second-order valence-electron chi connectivity index (χ2n) is 4.40. The van der Waals surface area contributed by atoms with Gasteiger partial charge in [-0.05, 0) is 23.8 Å². The van der Waals surface area contributed by atoms with Crippen LogP contribution >= 0.6 is 35.7 Å². The molecule has 0 saturated heterocycles. The highest BCUT2D eigenvalue weighted by Gasteiger charge is 2.00. The summed E-state index contributed by atoms with van der Waals surface area (Å²) in [5, 5.41) is 3.02. The Balaban J connectivity index is 0.00000242. The monoisotopic (exact) mass is 431 g/mol. The van der Waals surface area contributed by atoms with Gasteiger partial charge in [0.2, 0.25) is 0 Å². The summed E-state index contributed by atoms with van der Waals surface area (Å²) in [7, 11) is 0. The van der Waals surface area contributed by atoms with E-state index in [1.54, 1.807) is 23.9 Å². The Bertz CT molecular complexity index is 593. The predicted molar refractivity (Wildman–Crippen MR) is 105 cm³/mol. The molecule has 22 heavy (non-hydrogen) atoms. The minimum atomic E-state index is -0.154. The van der Waals surface area contributed by atoms with Crippen molar-refractivity contribution in [2.24, 2.45) is 10.7 Å². The lowest BCUT2D eigenvalue weighted by atomic mass is 10.2. The van der Waals surface area contributed by atoms with Crippen LogP contribution in [-0.2, 0) is 5.75 Å². The van der Waals surface area contributed by atoms with Crippen molar-refractivity contribution in [1.82, 2.24) is 0 Å². The highest BCUT2D eigenvalue weighted by Crippen LogP contribution is 2.15. The van der Waals surface area contributed by atoms with Crippen molar-refractivity contribution in [3.63, 3.8) is 0 Å². The lowest BCUT2D eigenvalue weighted by Crippen LogP contribution is -2.23. The van der Waals surface area contributed by atoms with Gasteiger partial charge in [-0.1, -0.05) is 36.4 Å². The third-order valence-corrected chi connectivity index (χ3v) is 3.77. The molecular formula is C16H19FIN3S. The first-order valence-electron chi connectivity index (χ1n) is 6.69. The maximum absolute atomic E-state index is 13.4. The first-order chi connectivity index (χ1) is 10.3. The predicted octanol–water partition coefficient (Wildman–Crippen LogP) is 4.10. The second kappa shape index (κ2) is 10.4. The number of nitrogens with two attached hydrogens (primary N) is 1. The van der Waals surface area contributed by atoms with Crippen LogP contribution in [0.2, 0.25) is 0 Å². The van der Waals surface area contributed by atoms with Crippen LogP contribution in [0.3, 0.4) is 0 Å². The number of anilines is 1. The zero-order valence-electron chi connectivity index (χ0n) is 12.0. The van der Waals surface area contributed by atoms with Gasteiger partial charge in [0.1, 0.15) is 5.82 Å². The quantitative estimate of drug-likeness (QED) is 0.313. The molecule has 0 aromatic heterocycles. The molecule has 6 heteroatoms. The van der Waals surface area contributed by atoms with E-state index < -0.39 is 0 Å². The van der Waals surface area contributed by atoms with Crippen molar-refractivity contribution in [1.29, 1.82) is 0 Å². The summed E-state index contributed by atoms with van der Waals surface area (Å²) in [6.45, 7) is 0.602. The smallest absolute Gasteiger partial charge is 0.193 e. The number of rotatable bonds is 6. The third kappa shape index (κ3) is 6.65. The Morgan fingerprint density at radius 1 is 1.09 bits per heavy atom. The number of para-hydroxylation sites is 1. The van der Waals surface area contributed by atoms with Crippen LogP contribution in [0, 0.1) is 5.82 Å². The van der Waals surface area contributed by atoms with Crippen molar-refractivity contribution >= 4 is 47.4 Å². The molecule has 2 aromatic rings. The summed E-state index contributed by atoms with van der Waals surface area (Å²) in [6, 6.07) is 16.5. The molecule has 3 N–H and O–H groups in total. The average Bonchev–Trinajstić information content (AvgIpc) is 2.50. The molecule has 0 aliphatic heterocycles. The zero-order valence-corrected chi connectivity index (χ0v) is 15.2. The molecule has 0 amide bonds. The highest BCUT2D eigenvalue weighted by atomic mass is 127. The summed E-state index contributed by atoms with van der Waals surface area (Å²) in [6.07, 6.45) is 0. The molecule has 3 nitrogen and oxygen atoms in total. The van der Waals surface area contributed by atoms with Gasteiger partial charge in [-0.2, -0.15) is 11.8 Å². The Morgan fingerprint density at radius 2 is 1.77 bits per heavy atom. The molecule has 0 aliphatic carbocycles. The summed E-state index contributed by atoms with van der Waals surface area (Å²) in [5.74, 6) is 1.69. The van der Waals surface area contributed by atoms with Gasteiger partial charge in [0.05, 0.1) is 6.54 Å². The number of halogens is 2. The van der Waals surface area contributed by atoms with Gasteiger partial charge in [-0.3, -0.25) is 4.99 Å². The average molecular weight is 431 g/mol. The molecule has 0 atom stereocenters. The minimum absolute atomic E-state index is 0. The molecule has 0 bridgehead atoms. The van der Waals surface area contributed by atoms with E-state index in [9.17, 15) is 4.39 Å². The maximum atomic E-state index is 13.4. The molecule has 0 saturated carbocycles. The molecule has 0 fully saturated rings. The van der Waals surface area contributed by atoms with Crippen molar-refractivity contribution in [2.45, 2.75) is 5.75 Å². The van der Waals surface area contributed by atoms with Gasteiger partial charge in [0.15, 0.2) is 5.96 Å². The summed E-state index contributed by atoms with van der Waals surface area (Å²) >= 11 is 1.64. The van der Waals surface area contributed by atoms with E-state index >= 15 is 0 Å². The largest absolute Gasteiger partial charge is 0.370 e. The number of hydrogen-bond donors (Lipinski definition) is 2. The van der Waals surface area contributed by atoms with Crippen LogP contribution in [0.15, 0.2) is 59.6 Å². The molecular weight excluding hydrogens is 412 g/mol. The van der Waals surface area contributed by atoms with Gasteiger partial charge in [-0.25, -0.2) is 4.39 Å². The maximum Gasteiger partial charge on any atom is 0.193 e. The van der Waals surface area contributed by atoms with Gasteiger partial charge in [-0.15, -0.1) is 24.0 Å². The van der Waals surface area contributed by atoms with Crippen molar-refractivity contribution in [2.75, 3.05) is 17.6 Å². The number of guanidine groups is 1. The number of nitrogens with zero attached hydrogens (tertiary/aromatic N) is 1. The van der Waals surface area contributed by atoms with E-state index in [0.717, 1.165) is 17.0 Å². The van der Waals surface area contributed by atoms with Crippen LogP contribution in [0.25, 0.3) is 0 Å². The summed E-state index contributed by atoms with van der Waals surface area (Å²) in [5.41, 5.74) is 7.43. The van der Waals surface area contributed by atoms with Gasteiger partial charge in [0, 0.05) is 17.2 Å². The summed E-state index contributed by atoms with van der Waals surface area (Å²) < 4.78 is 13.4. The first-order valence-corrected chi connectivity index (χ1v) is 7.84. The molecule has 118 valence electrons. The van der Waals surface area contributed by atoms with Crippen LogP contribution < -0.4 is 11.1 Å². The molecule has 0 heterocycles. The fourth-order valence-corrected chi connectivity index (χ4v) is 2.56. The normalized spacial score (nSPS) is 10.9. The fourth-order valence-electron chi connectivity index (χ4n) is 1.74. The minimum Gasteiger partial charge on any atom is -0.370 e. The van der Waals surface area contributed by atoms with E-state index in [-0.39, 0.29) is 29.8 Å². The topological polar surface area (TPSA) is 50.4 Å². The van der Waals surface area contributed by atoms with Crippen molar-refractivity contribution in [3.05, 3.63) is 66.0 Å². The molecule has 0 spiro atoms. The van der Waals surface area contributed by atoms with Gasteiger partial charge < -0.3 is 11.1 Å². The van der Waals surface area contributed by atoms with E-state index in [1.807, 2.05) is 36.4 Å². The Kier molecular flexibility index (Phi) is 8.91. The molecule has 2 aromatic carbocycles. The van der Waals surface area contributed by atoms with E-state index in [2.05, 4.69) is 10.3 Å². The van der Waals surface area contributed by atoms with Gasteiger partial charge >= 0.3 is 0 Å². The van der Waals surface area contributed by atoms with E-state index in [4.69, 9.17) is 5.73 Å². The van der Waals surface area contributed by atoms with E-state index in [1.165, 1.54) is 6.07 Å². The third-order valence-electron chi connectivity index (χ3n) is 2.78. The Labute approximate surface area is 151 Å². The second-order valence-corrected chi connectivity index (χ2v) is 5.51. The molecule has 2 rings (SSSR count). The molecule has 0 radical (unpaired) electrons. The zero-order chi connectivity index (χ0) is 14.9. The van der Waals surface area contributed by atoms with Crippen molar-refractivity contribution < 1.29 is 4.39 Å². The van der Waals surface area contributed by atoms with Crippen molar-refractivity contribution in [3.8, 4) is 0 Å². The number of nitrogens with one attached hydrogen (secondary N) is 1. The lowest BCUT2D eigenvalue weighted by Gasteiger charge is -2.05. The summed E-state index contributed by atoms with van der Waals surface area (Å²) in [4.78, 5) is 4.24. The van der Waals surface area contributed by atoms with Crippen LogP contribution in [0.4, 0.5) is 10.1 Å². The Hall–Kier alpha value is -1.28. The van der Waals surface area contributed by atoms with Crippen LogP contribution in [0.1, 0.15) is 5.56 Å². The number of aliphatic imine (C=N–C) groups is 1. The Morgan fingerprint density at radius 3 is 2.50 bits per heavy atom. The SMILES string of the molecule is I.NC(=NCCSCc1ccccc1F)Nc1ccccc1. The van der Waals surface area contributed by atoms with Gasteiger partial charge in [0.25, 0.3) is 0 Å². The number of hydrogen-bond acceptors (Lipinski definition) is 2. The number of thioether (sulfide) groups is 1.